The van der Waals surface area contributed by atoms with Gasteiger partial charge in [-0.05, 0) is 24.3 Å². The highest BCUT2D eigenvalue weighted by molar-refractivity contribution is 6.30. The van der Waals surface area contributed by atoms with Gasteiger partial charge in [-0.25, -0.2) is 5.43 Å². The Hall–Kier alpha value is -1.84. The number of para-hydroxylation sites is 1. The number of nitrogen functional groups attached to an aromatic ring is 1. The molecule has 0 bridgehead atoms. The Labute approximate surface area is 104 Å². The van der Waals surface area contributed by atoms with Crippen LogP contribution in [0.3, 0.4) is 0 Å². The lowest BCUT2D eigenvalue weighted by atomic mass is 10.2. The van der Waals surface area contributed by atoms with Gasteiger partial charge in [0.15, 0.2) is 5.69 Å². The summed E-state index contributed by atoms with van der Waals surface area (Å²) in [6.45, 7) is 0. The van der Waals surface area contributed by atoms with Crippen molar-refractivity contribution in [3.8, 4) is 0 Å². The van der Waals surface area contributed by atoms with E-state index in [2.05, 4.69) is 5.43 Å². The maximum atomic E-state index is 11.7. The van der Waals surface area contributed by atoms with Gasteiger partial charge in [-0.1, -0.05) is 29.8 Å². The highest BCUT2D eigenvalue weighted by Gasteiger charge is 2.06. The predicted molar refractivity (Wildman–Crippen MR) is 66.9 cm³/mol. The Morgan fingerprint density at radius 2 is 1.65 bits per heavy atom. The van der Waals surface area contributed by atoms with Crippen molar-refractivity contribution in [2.24, 2.45) is 0 Å². The van der Waals surface area contributed by atoms with Crippen LogP contribution in [0.25, 0.3) is 0 Å². The van der Waals surface area contributed by atoms with Crippen molar-refractivity contribution in [3.05, 3.63) is 65.2 Å². The monoisotopic (exact) mass is 247 g/mol. The van der Waals surface area contributed by atoms with Gasteiger partial charge in [0.25, 0.3) is 5.91 Å². The second-order valence-electron chi connectivity index (χ2n) is 3.54. The SMILES string of the molecule is O=C(N[NH2+]c1ccccc1)c1ccc(Cl)cc1. The van der Waals surface area contributed by atoms with Gasteiger partial charge in [0.2, 0.25) is 0 Å². The van der Waals surface area contributed by atoms with Crippen molar-refractivity contribution in [1.82, 2.24) is 5.43 Å². The van der Waals surface area contributed by atoms with E-state index in [4.69, 9.17) is 11.6 Å². The van der Waals surface area contributed by atoms with Crippen LogP contribution in [-0.4, -0.2) is 5.91 Å². The average molecular weight is 248 g/mol. The topological polar surface area (TPSA) is 45.7 Å². The van der Waals surface area contributed by atoms with Gasteiger partial charge < -0.3 is 0 Å². The van der Waals surface area contributed by atoms with Crippen molar-refractivity contribution in [2.75, 3.05) is 0 Å². The van der Waals surface area contributed by atoms with E-state index in [9.17, 15) is 4.79 Å². The molecule has 3 N–H and O–H groups in total. The molecular weight excluding hydrogens is 236 g/mol. The summed E-state index contributed by atoms with van der Waals surface area (Å²) in [5.74, 6) is -0.148. The number of halogens is 1. The molecule has 3 nitrogen and oxygen atoms in total. The smallest absolute Gasteiger partial charge is 0.264 e. The van der Waals surface area contributed by atoms with Gasteiger partial charge in [0, 0.05) is 22.7 Å². The Morgan fingerprint density at radius 3 is 2.29 bits per heavy atom. The van der Waals surface area contributed by atoms with Crippen LogP contribution in [0.2, 0.25) is 5.02 Å². The summed E-state index contributed by atoms with van der Waals surface area (Å²) < 4.78 is 0. The fourth-order valence-corrected chi connectivity index (χ4v) is 1.51. The van der Waals surface area contributed by atoms with Crippen molar-refractivity contribution in [3.63, 3.8) is 0 Å². The van der Waals surface area contributed by atoms with E-state index in [1.165, 1.54) is 0 Å². The molecule has 2 rings (SSSR count). The van der Waals surface area contributed by atoms with Crippen LogP contribution in [0, 0.1) is 0 Å². The third-order valence-electron chi connectivity index (χ3n) is 2.28. The van der Waals surface area contributed by atoms with Crippen LogP contribution >= 0.6 is 11.6 Å². The zero-order chi connectivity index (χ0) is 12.1. The fraction of sp³-hybridized carbons (Fsp3) is 0. The molecule has 0 fully saturated rings. The zero-order valence-electron chi connectivity index (χ0n) is 9.06. The number of nitrogens with two attached hydrogens (primary N) is 1. The molecule has 0 saturated carbocycles. The number of nitrogens with one attached hydrogen (secondary N) is 1. The van der Waals surface area contributed by atoms with Crippen LogP contribution in [0.4, 0.5) is 5.69 Å². The van der Waals surface area contributed by atoms with Crippen LogP contribution in [0.15, 0.2) is 54.6 Å². The Morgan fingerprint density at radius 1 is 1.00 bits per heavy atom. The number of quaternary nitrogens is 1. The molecule has 0 aliphatic carbocycles. The number of amides is 1. The summed E-state index contributed by atoms with van der Waals surface area (Å²) in [4.78, 5) is 11.7. The Bertz CT molecular complexity index is 497. The quantitative estimate of drug-likeness (QED) is 0.370. The minimum Gasteiger partial charge on any atom is -0.264 e. The lowest BCUT2D eigenvalue weighted by molar-refractivity contribution is -0.618. The molecule has 0 spiro atoms. The zero-order valence-corrected chi connectivity index (χ0v) is 9.82. The maximum absolute atomic E-state index is 11.7. The normalized spacial score (nSPS) is 9.94. The number of carbonyl (C=O) groups is 1. The summed E-state index contributed by atoms with van der Waals surface area (Å²) >= 11 is 5.75. The molecule has 1 amide bonds. The molecular formula is C13H12ClN2O+. The summed E-state index contributed by atoms with van der Waals surface area (Å²) in [6, 6.07) is 16.4. The van der Waals surface area contributed by atoms with Crippen LogP contribution < -0.4 is 10.9 Å². The van der Waals surface area contributed by atoms with E-state index < -0.39 is 0 Å². The molecule has 0 aliphatic heterocycles. The Kier molecular flexibility index (Phi) is 3.75. The van der Waals surface area contributed by atoms with E-state index >= 15 is 0 Å². The van der Waals surface area contributed by atoms with Gasteiger partial charge in [0.1, 0.15) is 0 Å². The van der Waals surface area contributed by atoms with E-state index in [0.717, 1.165) is 5.69 Å². The molecule has 0 aromatic heterocycles. The van der Waals surface area contributed by atoms with Gasteiger partial charge >= 0.3 is 0 Å². The van der Waals surface area contributed by atoms with Crippen molar-refractivity contribution in [1.29, 1.82) is 0 Å². The van der Waals surface area contributed by atoms with Gasteiger partial charge in [-0.3, -0.25) is 4.79 Å². The van der Waals surface area contributed by atoms with Crippen LogP contribution in [0.5, 0.6) is 0 Å². The highest BCUT2D eigenvalue weighted by atomic mass is 35.5. The maximum Gasteiger partial charge on any atom is 0.296 e. The highest BCUT2D eigenvalue weighted by Crippen LogP contribution is 2.08. The molecule has 0 saturated heterocycles. The lowest BCUT2D eigenvalue weighted by Gasteiger charge is -2.03. The number of hydrogen-bond donors (Lipinski definition) is 2. The second kappa shape index (κ2) is 5.48. The predicted octanol–water partition coefficient (Wildman–Crippen LogP) is 1.88. The van der Waals surface area contributed by atoms with E-state index in [0.29, 0.717) is 10.6 Å². The van der Waals surface area contributed by atoms with Gasteiger partial charge in [-0.2, -0.15) is 5.43 Å². The van der Waals surface area contributed by atoms with E-state index in [1.54, 1.807) is 29.7 Å². The first-order valence-electron chi connectivity index (χ1n) is 5.20. The minimum atomic E-state index is -0.148. The molecule has 0 heterocycles. The van der Waals surface area contributed by atoms with Gasteiger partial charge in [0.05, 0.1) is 0 Å². The van der Waals surface area contributed by atoms with Crippen molar-refractivity contribution < 1.29 is 10.2 Å². The molecule has 0 atom stereocenters. The van der Waals surface area contributed by atoms with Crippen LogP contribution in [-0.2, 0) is 0 Å². The fourth-order valence-electron chi connectivity index (χ4n) is 1.38. The number of rotatable bonds is 3. The third-order valence-corrected chi connectivity index (χ3v) is 2.53. The molecule has 17 heavy (non-hydrogen) atoms. The summed E-state index contributed by atoms with van der Waals surface area (Å²) in [7, 11) is 0. The molecule has 86 valence electrons. The van der Waals surface area contributed by atoms with Gasteiger partial charge in [-0.15, -0.1) is 0 Å². The largest absolute Gasteiger partial charge is 0.296 e. The minimum absolute atomic E-state index is 0.148. The van der Waals surface area contributed by atoms with E-state index in [-0.39, 0.29) is 5.91 Å². The first-order valence-corrected chi connectivity index (χ1v) is 5.58. The number of carbonyl (C=O) groups excluding carboxylic acids is 1. The molecule has 0 radical (unpaired) electrons. The van der Waals surface area contributed by atoms with Crippen molar-refractivity contribution >= 4 is 23.2 Å². The molecule has 0 aliphatic rings. The third kappa shape index (κ3) is 3.31. The van der Waals surface area contributed by atoms with Crippen LogP contribution in [0.1, 0.15) is 10.4 Å². The number of hydrogen-bond acceptors (Lipinski definition) is 1. The lowest BCUT2D eigenvalue weighted by Crippen LogP contribution is -2.89. The second-order valence-corrected chi connectivity index (χ2v) is 3.97. The summed E-state index contributed by atoms with van der Waals surface area (Å²) in [5.41, 5.74) is 5.94. The average Bonchev–Trinajstić information content (AvgIpc) is 2.38. The van der Waals surface area contributed by atoms with Crippen molar-refractivity contribution in [2.45, 2.75) is 0 Å². The standard InChI is InChI=1S/C13H11ClN2O/c14-11-8-6-10(7-9-11)13(17)16-15-12-4-2-1-3-5-12/h1-9,15H,(H,16,17)/p+1. The summed E-state index contributed by atoms with van der Waals surface area (Å²) in [6.07, 6.45) is 0. The first-order chi connectivity index (χ1) is 8.25. The molecule has 4 heteroatoms. The number of benzene rings is 2. The molecule has 2 aromatic rings. The molecule has 2 aromatic carbocycles. The molecule has 0 unspecified atom stereocenters. The summed E-state index contributed by atoms with van der Waals surface area (Å²) in [5, 5.41) is 0.619. The first kappa shape index (κ1) is 11.6. The van der Waals surface area contributed by atoms with E-state index in [1.807, 2.05) is 30.3 Å². The Balaban J connectivity index is 1.96.